The molecule has 0 fully saturated rings. The lowest BCUT2D eigenvalue weighted by atomic mass is 10.0. The van der Waals surface area contributed by atoms with E-state index in [4.69, 9.17) is 5.14 Å². The number of alkyl halides is 2. The number of aliphatic hydroxyl groups is 1. The summed E-state index contributed by atoms with van der Waals surface area (Å²) in [4.78, 5) is 17.3. The number of rotatable bonds is 4. The lowest BCUT2D eigenvalue weighted by Gasteiger charge is -2.16. The Hall–Kier alpha value is -2.02. The Morgan fingerprint density at radius 2 is 2.09 bits per heavy atom. The molecule has 0 saturated carbocycles. The predicted molar refractivity (Wildman–Crippen MR) is 115 cm³/mol. The summed E-state index contributed by atoms with van der Waals surface area (Å²) in [6, 6.07) is -0.0503. The number of pyridine rings is 1. The molecule has 7 nitrogen and oxygen atoms in total. The Balaban J connectivity index is 1.70. The lowest BCUT2D eigenvalue weighted by Crippen LogP contribution is -2.19. The molecule has 2 unspecified atom stereocenters. The first-order valence-electron chi connectivity index (χ1n) is 10.1. The Bertz CT molecular complexity index is 1210. The van der Waals surface area contributed by atoms with E-state index in [1.807, 2.05) is 0 Å². The number of thiophene rings is 1. The smallest absolute Gasteiger partial charge is 0.354 e. The van der Waals surface area contributed by atoms with E-state index >= 15 is 0 Å². The van der Waals surface area contributed by atoms with Crippen LogP contribution in [0, 0.1) is 5.82 Å². The summed E-state index contributed by atoms with van der Waals surface area (Å²) in [5, 5.41) is 18.3. The molecule has 174 valence electrons. The highest BCUT2D eigenvalue weighted by atomic mass is 32.2. The van der Waals surface area contributed by atoms with Crippen LogP contribution in [-0.4, -0.2) is 26.8 Å². The Morgan fingerprint density at radius 3 is 2.72 bits per heavy atom. The summed E-state index contributed by atoms with van der Waals surface area (Å²) in [5.41, 5.74) is 1.23. The van der Waals surface area contributed by atoms with Gasteiger partial charge in [0, 0.05) is 10.6 Å². The standard InChI is InChI=1S/C20H23F3N4O3S2/c1-20(2,29)14-8-12(21)18(31-14)32(24,30)27-19(28)26-15-9-4-3-5-13(9)25-16-10(15)6-7-11(16)17(22)23/h8,11,17,29H,3-7H2,1-2H3,(H3,24,25,26,27,28,30). The third kappa shape index (κ3) is 4.16. The average Bonchev–Trinajstić information content (AvgIpc) is 3.37. The van der Waals surface area contributed by atoms with Gasteiger partial charge < -0.3 is 10.4 Å². The molecule has 2 aliphatic rings. The monoisotopic (exact) mass is 488 g/mol. The molecule has 0 aliphatic heterocycles. The number of nitrogens with two attached hydrogens (primary N) is 1. The fourth-order valence-corrected chi connectivity index (χ4v) is 6.52. The van der Waals surface area contributed by atoms with Crippen LogP contribution in [0.15, 0.2) is 14.6 Å². The average molecular weight is 489 g/mol. The summed E-state index contributed by atoms with van der Waals surface area (Å²) >= 11 is 0.673. The van der Waals surface area contributed by atoms with Crippen molar-refractivity contribution in [3.8, 4) is 0 Å². The molecular weight excluding hydrogens is 465 g/mol. The highest BCUT2D eigenvalue weighted by molar-refractivity contribution is 7.93. The number of nitrogens with zero attached hydrogens (tertiary/aromatic N) is 2. The Labute approximate surface area is 187 Å². The first-order valence-corrected chi connectivity index (χ1v) is 12.5. The second-order valence-corrected chi connectivity index (χ2v) is 11.5. The minimum Gasteiger partial charge on any atom is -0.385 e. The zero-order valence-corrected chi connectivity index (χ0v) is 19.1. The van der Waals surface area contributed by atoms with Gasteiger partial charge in [-0.05, 0) is 63.1 Å². The van der Waals surface area contributed by atoms with E-state index in [-0.39, 0.29) is 17.0 Å². The van der Waals surface area contributed by atoms with Crippen molar-refractivity contribution >= 4 is 33.0 Å². The first kappa shape index (κ1) is 23.1. The zero-order valence-electron chi connectivity index (χ0n) is 17.5. The van der Waals surface area contributed by atoms with Crippen molar-refractivity contribution < 1.29 is 27.3 Å². The van der Waals surface area contributed by atoms with E-state index in [2.05, 4.69) is 14.7 Å². The molecule has 2 heterocycles. The number of aryl methyl sites for hydroxylation is 1. The van der Waals surface area contributed by atoms with E-state index in [1.165, 1.54) is 13.8 Å². The fraction of sp³-hybridized carbons (Fsp3) is 0.500. The van der Waals surface area contributed by atoms with Gasteiger partial charge in [0.2, 0.25) is 6.43 Å². The van der Waals surface area contributed by atoms with E-state index in [0.717, 1.165) is 18.1 Å². The molecule has 0 radical (unpaired) electrons. The van der Waals surface area contributed by atoms with Crippen molar-refractivity contribution in [2.24, 2.45) is 9.50 Å². The zero-order chi connectivity index (χ0) is 23.4. The van der Waals surface area contributed by atoms with Crippen molar-refractivity contribution in [2.75, 3.05) is 5.32 Å². The van der Waals surface area contributed by atoms with Crippen LogP contribution in [0.2, 0.25) is 0 Å². The molecule has 0 aromatic carbocycles. The van der Waals surface area contributed by atoms with Crippen LogP contribution in [0.5, 0.6) is 0 Å². The molecular formula is C20H23F3N4O3S2. The van der Waals surface area contributed by atoms with Crippen LogP contribution in [0.3, 0.4) is 0 Å². The highest BCUT2D eigenvalue weighted by Crippen LogP contribution is 2.43. The van der Waals surface area contributed by atoms with Crippen molar-refractivity contribution in [1.29, 1.82) is 0 Å². The first-order chi connectivity index (χ1) is 14.9. The number of fused-ring (bicyclic) bond motifs is 2. The number of amides is 2. The van der Waals surface area contributed by atoms with Gasteiger partial charge in [0.05, 0.1) is 22.9 Å². The van der Waals surface area contributed by atoms with Crippen molar-refractivity contribution in [1.82, 2.24) is 4.98 Å². The number of urea groups is 1. The number of hydrogen-bond donors (Lipinski definition) is 3. The molecule has 2 aliphatic carbocycles. The minimum absolute atomic E-state index is 0.182. The molecule has 32 heavy (non-hydrogen) atoms. The summed E-state index contributed by atoms with van der Waals surface area (Å²) in [7, 11) is -3.94. The van der Waals surface area contributed by atoms with E-state index in [0.29, 0.717) is 47.5 Å². The van der Waals surface area contributed by atoms with Gasteiger partial charge in [-0.3, -0.25) is 4.98 Å². The molecule has 4 rings (SSSR count). The highest BCUT2D eigenvalue weighted by Gasteiger charge is 2.36. The van der Waals surface area contributed by atoms with Crippen LogP contribution in [0.1, 0.15) is 60.0 Å². The van der Waals surface area contributed by atoms with E-state index < -0.39 is 43.9 Å². The number of halogens is 3. The second kappa shape index (κ2) is 8.08. The van der Waals surface area contributed by atoms with Crippen LogP contribution < -0.4 is 10.5 Å². The molecule has 2 aromatic rings. The SMILES string of the molecule is CC(C)(O)c1cc(F)c(S(N)(=O)=NC(=O)Nc2c3c(nc4c2CCC4C(F)F)CCC3)s1. The van der Waals surface area contributed by atoms with Gasteiger partial charge >= 0.3 is 6.03 Å². The Kier molecular flexibility index (Phi) is 5.85. The quantitative estimate of drug-likeness (QED) is 0.597. The van der Waals surface area contributed by atoms with Crippen molar-refractivity contribution in [3.05, 3.63) is 39.3 Å². The van der Waals surface area contributed by atoms with Crippen molar-refractivity contribution in [3.63, 3.8) is 0 Å². The largest absolute Gasteiger partial charge is 0.385 e. The maximum Gasteiger partial charge on any atom is 0.354 e. The third-order valence-electron chi connectivity index (χ3n) is 5.69. The van der Waals surface area contributed by atoms with Gasteiger partial charge in [-0.1, -0.05) is 0 Å². The summed E-state index contributed by atoms with van der Waals surface area (Å²) in [6.45, 7) is 2.86. The normalized spacial score (nSPS) is 19.6. The van der Waals surface area contributed by atoms with Gasteiger partial charge in [0.1, 0.15) is 0 Å². The van der Waals surface area contributed by atoms with Crippen LogP contribution >= 0.6 is 11.3 Å². The van der Waals surface area contributed by atoms with Crippen LogP contribution in [0.4, 0.5) is 23.7 Å². The van der Waals surface area contributed by atoms with Crippen LogP contribution in [0.25, 0.3) is 0 Å². The van der Waals surface area contributed by atoms with Gasteiger partial charge in [-0.25, -0.2) is 27.3 Å². The number of anilines is 1. The maximum absolute atomic E-state index is 14.4. The van der Waals surface area contributed by atoms with Gasteiger partial charge in [-0.2, -0.15) is 0 Å². The number of aromatic nitrogens is 1. The summed E-state index contributed by atoms with van der Waals surface area (Å²) in [5.74, 6) is -1.93. The predicted octanol–water partition coefficient (Wildman–Crippen LogP) is 4.23. The molecule has 0 bridgehead atoms. The van der Waals surface area contributed by atoms with E-state index in [1.54, 1.807) is 0 Å². The van der Waals surface area contributed by atoms with Gasteiger partial charge in [-0.15, -0.1) is 15.7 Å². The van der Waals surface area contributed by atoms with Gasteiger partial charge in [0.25, 0.3) is 0 Å². The lowest BCUT2D eigenvalue weighted by molar-refractivity contribution is 0.0823. The number of carbonyl (C=O) groups excluding carboxylic acids is 1. The summed E-state index contributed by atoms with van der Waals surface area (Å²) in [6.07, 6.45) is -0.00322. The molecule has 2 amide bonds. The molecule has 4 N–H and O–H groups in total. The molecule has 0 saturated heterocycles. The molecule has 2 aromatic heterocycles. The fourth-order valence-electron chi connectivity index (χ4n) is 4.18. The van der Waals surface area contributed by atoms with Gasteiger partial charge in [0.15, 0.2) is 19.9 Å². The number of carbonyl (C=O) groups is 1. The Morgan fingerprint density at radius 1 is 1.38 bits per heavy atom. The maximum atomic E-state index is 14.4. The molecule has 0 spiro atoms. The minimum atomic E-state index is -3.94. The summed E-state index contributed by atoms with van der Waals surface area (Å²) < 4.78 is 57.2. The van der Waals surface area contributed by atoms with E-state index in [9.17, 15) is 27.3 Å². The molecule has 12 heteroatoms. The number of hydrogen-bond acceptors (Lipinski definition) is 5. The third-order valence-corrected chi connectivity index (χ3v) is 9.04. The molecule has 2 atom stereocenters. The topological polar surface area (TPSA) is 118 Å². The number of nitrogens with one attached hydrogen (secondary N) is 1. The van der Waals surface area contributed by atoms with Crippen molar-refractivity contribution in [2.45, 2.75) is 68.1 Å². The second-order valence-electron chi connectivity index (χ2n) is 8.50. The van der Waals surface area contributed by atoms with Crippen LogP contribution in [-0.2, 0) is 34.8 Å².